The highest BCUT2D eigenvalue weighted by molar-refractivity contribution is 6.31. The number of hydrogen-bond donors (Lipinski definition) is 1. The van der Waals surface area contributed by atoms with E-state index < -0.39 is 6.10 Å². The number of hydrogen-bond acceptors (Lipinski definition) is 2. The van der Waals surface area contributed by atoms with E-state index in [1.807, 2.05) is 19.1 Å². The van der Waals surface area contributed by atoms with Gasteiger partial charge in [0.1, 0.15) is 6.10 Å². The van der Waals surface area contributed by atoms with Gasteiger partial charge in [0, 0.05) is 11.6 Å². The molecule has 0 spiro atoms. The van der Waals surface area contributed by atoms with Crippen molar-refractivity contribution in [3.05, 3.63) is 51.3 Å². The minimum atomic E-state index is -0.820. The van der Waals surface area contributed by atoms with Gasteiger partial charge in [0.2, 0.25) is 0 Å². The molecular formula is C14H16Cl2N2O. The molecule has 1 N–H and O–H groups in total. The highest BCUT2D eigenvalue weighted by atomic mass is 35.5. The van der Waals surface area contributed by atoms with Crippen LogP contribution in [0.5, 0.6) is 0 Å². The van der Waals surface area contributed by atoms with Crippen LogP contribution in [-0.2, 0) is 6.54 Å². The number of benzene rings is 1. The summed E-state index contributed by atoms with van der Waals surface area (Å²) in [6.45, 7) is 4.71. The number of aromatic nitrogens is 2. The third-order valence-corrected chi connectivity index (χ3v) is 3.42. The molecule has 1 aromatic carbocycles. The van der Waals surface area contributed by atoms with E-state index in [4.69, 9.17) is 23.2 Å². The Hall–Kier alpha value is -1.03. The van der Waals surface area contributed by atoms with Crippen LogP contribution in [0.2, 0.25) is 10.0 Å². The standard InChI is InChI=1S/C14H16Cl2N2O/c1-3-4-18-13(12(16)8-17-18)14(19)10-5-9(2)6-11(15)7-10/h5-8,14,19H,3-4H2,1-2H3. The van der Waals surface area contributed by atoms with Crippen LogP contribution in [0.25, 0.3) is 0 Å². The summed E-state index contributed by atoms with van der Waals surface area (Å²) in [5.41, 5.74) is 2.34. The lowest BCUT2D eigenvalue weighted by Crippen LogP contribution is -2.10. The molecule has 0 bridgehead atoms. The van der Waals surface area contributed by atoms with E-state index in [9.17, 15) is 5.11 Å². The molecule has 0 fully saturated rings. The lowest BCUT2D eigenvalue weighted by Gasteiger charge is -2.15. The number of aliphatic hydroxyl groups excluding tert-OH is 1. The summed E-state index contributed by atoms with van der Waals surface area (Å²) in [7, 11) is 0. The van der Waals surface area contributed by atoms with Crippen molar-refractivity contribution in [3.8, 4) is 0 Å². The molecule has 5 heteroatoms. The Morgan fingerprint density at radius 1 is 1.32 bits per heavy atom. The SMILES string of the molecule is CCCn1ncc(Cl)c1C(O)c1cc(C)cc(Cl)c1. The smallest absolute Gasteiger partial charge is 0.122 e. The topological polar surface area (TPSA) is 38.0 Å². The quantitative estimate of drug-likeness (QED) is 0.927. The zero-order chi connectivity index (χ0) is 14.0. The van der Waals surface area contributed by atoms with Gasteiger partial charge in [-0.25, -0.2) is 0 Å². The fraction of sp³-hybridized carbons (Fsp3) is 0.357. The van der Waals surface area contributed by atoms with Gasteiger partial charge in [-0.3, -0.25) is 4.68 Å². The van der Waals surface area contributed by atoms with Gasteiger partial charge in [-0.2, -0.15) is 5.10 Å². The Bertz CT molecular complexity index is 561. The van der Waals surface area contributed by atoms with E-state index in [0.29, 0.717) is 15.7 Å². The van der Waals surface area contributed by atoms with Crippen LogP contribution in [0.1, 0.15) is 36.3 Å². The third-order valence-electron chi connectivity index (χ3n) is 2.91. The molecule has 1 unspecified atom stereocenters. The van der Waals surface area contributed by atoms with Crippen molar-refractivity contribution in [1.82, 2.24) is 9.78 Å². The summed E-state index contributed by atoms with van der Waals surface area (Å²) in [6, 6.07) is 5.50. The van der Waals surface area contributed by atoms with Crippen LogP contribution < -0.4 is 0 Å². The van der Waals surface area contributed by atoms with E-state index in [1.54, 1.807) is 16.9 Å². The molecule has 2 aromatic rings. The molecule has 0 aliphatic heterocycles. The summed E-state index contributed by atoms with van der Waals surface area (Å²) in [5, 5.41) is 15.8. The van der Waals surface area contributed by atoms with Crippen LogP contribution in [0.3, 0.4) is 0 Å². The molecule has 3 nitrogen and oxygen atoms in total. The molecule has 0 radical (unpaired) electrons. The second-order valence-electron chi connectivity index (χ2n) is 4.57. The largest absolute Gasteiger partial charge is 0.382 e. The summed E-state index contributed by atoms with van der Waals surface area (Å²) >= 11 is 12.2. The first kappa shape index (κ1) is 14.4. The van der Waals surface area contributed by atoms with Crippen molar-refractivity contribution < 1.29 is 5.11 Å². The average molecular weight is 299 g/mol. The fourth-order valence-corrected chi connectivity index (χ4v) is 2.66. The summed E-state index contributed by atoms with van der Waals surface area (Å²) < 4.78 is 1.74. The maximum absolute atomic E-state index is 10.5. The van der Waals surface area contributed by atoms with Crippen LogP contribution in [0.15, 0.2) is 24.4 Å². The van der Waals surface area contributed by atoms with E-state index in [1.165, 1.54) is 0 Å². The Kier molecular flexibility index (Phi) is 4.50. The van der Waals surface area contributed by atoms with Crippen molar-refractivity contribution >= 4 is 23.2 Å². The highest BCUT2D eigenvalue weighted by Crippen LogP contribution is 2.30. The first-order valence-corrected chi connectivity index (χ1v) is 6.95. The van der Waals surface area contributed by atoms with Gasteiger partial charge in [-0.05, 0) is 36.6 Å². The third kappa shape index (κ3) is 3.11. The van der Waals surface area contributed by atoms with Crippen molar-refractivity contribution in [1.29, 1.82) is 0 Å². The number of nitrogens with zero attached hydrogens (tertiary/aromatic N) is 2. The summed E-state index contributed by atoms with van der Waals surface area (Å²) in [4.78, 5) is 0. The van der Waals surface area contributed by atoms with Gasteiger partial charge in [0.05, 0.1) is 16.9 Å². The van der Waals surface area contributed by atoms with E-state index >= 15 is 0 Å². The molecule has 19 heavy (non-hydrogen) atoms. The first-order valence-electron chi connectivity index (χ1n) is 6.19. The summed E-state index contributed by atoms with van der Waals surface area (Å²) in [5.74, 6) is 0. The highest BCUT2D eigenvalue weighted by Gasteiger charge is 2.20. The van der Waals surface area contributed by atoms with Crippen LogP contribution in [-0.4, -0.2) is 14.9 Å². The molecule has 0 amide bonds. The molecule has 1 heterocycles. The monoisotopic (exact) mass is 298 g/mol. The lowest BCUT2D eigenvalue weighted by atomic mass is 10.0. The number of aryl methyl sites for hydroxylation is 2. The maximum Gasteiger partial charge on any atom is 0.122 e. The van der Waals surface area contributed by atoms with Gasteiger partial charge >= 0.3 is 0 Å². The molecule has 0 aliphatic rings. The number of halogens is 2. The molecule has 1 aromatic heterocycles. The van der Waals surface area contributed by atoms with Crippen molar-refractivity contribution in [2.45, 2.75) is 32.9 Å². The molecule has 0 saturated carbocycles. The van der Waals surface area contributed by atoms with Crippen molar-refractivity contribution in [2.75, 3.05) is 0 Å². The molecule has 0 saturated heterocycles. The van der Waals surface area contributed by atoms with Gasteiger partial charge in [-0.1, -0.05) is 36.2 Å². The van der Waals surface area contributed by atoms with E-state index in [-0.39, 0.29) is 0 Å². The molecule has 102 valence electrons. The average Bonchev–Trinajstić information content (AvgIpc) is 2.69. The first-order chi connectivity index (χ1) is 9.02. The zero-order valence-corrected chi connectivity index (χ0v) is 12.4. The lowest BCUT2D eigenvalue weighted by molar-refractivity contribution is 0.207. The van der Waals surface area contributed by atoms with Gasteiger partial charge in [-0.15, -0.1) is 0 Å². The van der Waals surface area contributed by atoms with E-state index in [2.05, 4.69) is 12.0 Å². The zero-order valence-electron chi connectivity index (χ0n) is 10.9. The molecular weight excluding hydrogens is 283 g/mol. The van der Waals surface area contributed by atoms with Crippen molar-refractivity contribution in [3.63, 3.8) is 0 Å². The van der Waals surface area contributed by atoms with Crippen LogP contribution in [0.4, 0.5) is 0 Å². The maximum atomic E-state index is 10.5. The fourth-order valence-electron chi connectivity index (χ4n) is 2.11. The second kappa shape index (κ2) is 5.95. The Morgan fingerprint density at radius 3 is 2.68 bits per heavy atom. The van der Waals surface area contributed by atoms with Gasteiger partial charge in [0.15, 0.2) is 0 Å². The minimum absolute atomic E-state index is 0.471. The van der Waals surface area contributed by atoms with Gasteiger partial charge < -0.3 is 5.11 Å². The molecule has 0 aliphatic carbocycles. The Labute approximate surface area is 122 Å². The second-order valence-corrected chi connectivity index (χ2v) is 5.41. The van der Waals surface area contributed by atoms with Crippen molar-refractivity contribution in [2.24, 2.45) is 0 Å². The number of rotatable bonds is 4. The Balaban J connectivity index is 2.43. The number of aliphatic hydroxyl groups is 1. The normalized spacial score (nSPS) is 12.7. The van der Waals surface area contributed by atoms with Crippen LogP contribution in [0, 0.1) is 6.92 Å². The molecule has 1 atom stereocenters. The van der Waals surface area contributed by atoms with Gasteiger partial charge in [0.25, 0.3) is 0 Å². The Morgan fingerprint density at radius 2 is 2.05 bits per heavy atom. The predicted molar refractivity (Wildman–Crippen MR) is 77.8 cm³/mol. The summed E-state index contributed by atoms with van der Waals surface area (Å²) in [6.07, 6.45) is 1.67. The minimum Gasteiger partial charge on any atom is -0.382 e. The van der Waals surface area contributed by atoms with E-state index in [0.717, 1.165) is 24.1 Å². The molecule has 2 rings (SSSR count). The predicted octanol–water partition coefficient (Wildman–Crippen LogP) is 3.99. The van der Waals surface area contributed by atoms with Crippen LogP contribution >= 0.6 is 23.2 Å².